The lowest BCUT2D eigenvalue weighted by atomic mass is 9.76. The lowest BCUT2D eigenvalue weighted by Crippen LogP contribution is -2.45. The first-order chi connectivity index (χ1) is 10.8. The van der Waals surface area contributed by atoms with Crippen molar-refractivity contribution in [2.45, 2.75) is 77.3 Å². The average Bonchev–Trinajstić information content (AvgIpc) is 2.65. The highest BCUT2D eigenvalue weighted by molar-refractivity contribution is 7.19. The van der Waals surface area contributed by atoms with Crippen LogP contribution in [0.25, 0.3) is 0 Å². The smallest absolute Gasteiger partial charge is 0.429 e. The van der Waals surface area contributed by atoms with Crippen LogP contribution in [0.5, 0.6) is 0 Å². The van der Waals surface area contributed by atoms with E-state index >= 15 is 0 Å². The quantitative estimate of drug-likeness (QED) is 0.606. The van der Waals surface area contributed by atoms with Crippen LogP contribution in [-0.2, 0) is 14.0 Å². The second-order valence-electron chi connectivity index (χ2n) is 8.72. The van der Waals surface area contributed by atoms with Gasteiger partial charge in [0.25, 0.3) is 0 Å². The molecule has 1 fully saturated rings. The fourth-order valence-electron chi connectivity index (χ4n) is 2.08. The predicted octanol–water partition coefficient (Wildman–Crippen LogP) is 2.68. The Bertz CT molecular complexity index is 561. The van der Waals surface area contributed by atoms with Crippen LogP contribution in [0.4, 0.5) is 0 Å². The third-order valence-electron chi connectivity index (χ3n) is 5.50. The molecular weight excluding hydrogens is 317 g/mol. The van der Waals surface area contributed by atoms with E-state index in [1.54, 1.807) is 0 Å². The summed E-state index contributed by atoms with van der Waals surface area (Å²) in [7, 11) is 4.34. The van der Waals surface area contributed by atoms with Gasteiger partial charge in [-0.05, 0) is 47.0 Å². The van der Waals surface area contributed by atoms with Gasteiger partial charge in [0.15, 0.2) is 0 Å². The molecule has 1 aliphatic rings. The van der Waals surface area contributed by atoms with E-state index in [2.05, 4.69) is 64.6 Å². The molecule has 0 N–H and O–H groups in total. The van der Waals surface area contributed by atoms with Crippen LogP contribution >= 0.6 is 9.24 Å². The van der Waals surface area contributed by atoms with Crippen LogP contribution < -0.4 is 10.9 Å². The molecule has 6 heteroatoms. The maximum Gasteiger partial charge on any atom is 0.494 e. The highest BCUT2D eigenvalue weighted by atomic mass is 31.0. The molecule has 0 amide bonds. The molecule has 1 unspecified atom stereocenters. The van der Waals surface area contributed by atoms with Gasteiger partial charge in [0.05, 0.1) is 16.8 Å². The zero-order valence-corrected chi connectivity index (χ0v) is 17.4. The first-order valence-corrected chi connectivity index (χ1v) is 9.08. The molecule has 1 heterocycles. The van der Waals surface area contributed by atoms with Crippen molar-refractivity contribution in [2.75, 3.05) is 0 Å². The number of hydrogen-bond acceptors (Lipinski definition) is 3. The van der Waals surface area contributed by atoms with Gasteiger partial charge in [0, 0.05) is 5.16 Å². The van der Waals surface area contributed by atoms with Gasteiger partial charge in [-0.25, -0.2) is 0 Å². The van der Waals surface area contributed by atoms with Crippen molar-refractivity contribution < 1.29 is 14.0 Å². The Hall–Kier alpha value is -0.340. The lowest BCUT2D eigenvalue weighted by molar-refractivity contribution is 0.00578. The van der Waals surface area contributed by atoms with E-state index in [0.717, 1.165) is 10.9 Å². The first kappa shape index (κ1) is 20.0. The zero-order valence-electron chi connectivity index (χ0n) is 16.3. The number of benzene rings is 1. The van der Waals surface area contributed by atoms with Crippen molar-refractivity contribution in [1.82, 2.24) is 0 Å². The molecule has 0 aromatic heterocycles. The van der Waals surface area contributed by atoms with Crippen molar-refractivity contribution in [3.8, 4) is 0 Å². The fourth-order valence-corrected chi connectivity index (χ4v) is 2.15. The maximum atomic E-state index is 6.08. The SMILES string of the molecule is CC(C)(P)C(C)(C)O[B]c1ccc(B2OC(C)(C)C(C)(C)O2)cc1. The van der Waals surface area contributed by atoms with E-state index in [-0.39, 0.29) is 29.1 Å². The highest BCUT2D eigenvalue weighted by Crippen LogP contribution is 2.36. The molecule has 1 atom stereocenters. The molecular formula is C18H30B2O3P. The molecule has 0 spiro atoms. The second-order valence-corrected chi connectivity index (χ2v) is 10.2. The summed E-state index contributed by atoms with van der Waals surface area (Å²) in [6.45, 7) is 16.7. The molecule has 2 rings (SSSR count). The topological polar surface area (TPSA) is 27.7 Å². The molecule has 3 nitrogen and oxygen atoms in total. The molecule has 1 saturated heterocycles. The van der Waals surface area contributed by atoms with Crippen LogP contribution in [0.3, 0.4) is 0 Å². The number of rotatable bonds is 5. The van der Waals surface area contributed by atoms with Gasteiger partial charge in [-0.1, -0.05) is 43.6 Å². The normalized spacial score (nSPS) is 20.3. The third kappa shape index (κ3) is 4.07. The van der Waals surface area contributed by atoms with Crippen LogP contribution in [0.2, 0.25) is 0 Å². The molecule has 0 bridgehead atoms. The summed E-state index contributed by atoms with van der Waals surface area (Å²) < 4.78 is 18.2. The summed E-state index contributed by atoms with van der Waals surface area (Å²) in [4.78, 5) is 0. The van der Waals surface area contributed by atoms with E-state index in [1.165, 1.54) is 0 Å². The summed E-state index contributed by atoms with van der Waals surface area (Å²) in [5.74, 6) is 0. The second kappa shape index (κ2) is 6.43. The van der Waals surface area contributed by atoms with E-state index in [0.29, 0.717) is 0 Å². The Morgan fingerprint density at radius 3 is 1.83 bits per heavy atom. The van der Waals surface area contributed by atoms with E-state index in [4.69, 9.17) is 14.0 Å². The summed E-state index contributed by atoms with van der Waals surface area (Å²) >= 11 is 0. The predicted molar refractivity (Wildman–Crippen MR) is 106 cm³/mol. The van der Waals surface area contributed by atoms with Crippen molar-refractivity contribution in [3.63, 3.8) is 0 Å². The highest BCUT2D eigenvalue weighted by Gasteiger charge is 2.51. The average molecular weight is 347 g/mol. The lowest BCUT2D eigenvalue weighted by Gasteiger charge is -2.39. The largest absolute Gasteiger partial charge is 0.494 e. The minimum atomic E-state index is -0.326. The summed E-state index contributed by atoms with van der Waals surface area (Å²) in [6.07, 6.45) is 0. The van der Waals surface area contributed by atoms with Crippen LogP contribution in [-0.4, -0.2) is 36.6 Å². The third-order valence-corrected chi connectivity index (χ3v) is 6.20. The van der Waals surface area contributed by atoms with E-state index in [1.807, 2.05) is 31.7 Å². The summed E-state index contributed by atoms with van der Waals surface area (Å²) in [5, 5.41) is -0.0217. The number of hydrogen-bond donors (Lipinski definition) is 0. The van der Waals surface area contributed by atoms with Gasteiger partial charge >= 0.3 is 14.6 Å². The Morgan fingerprint density at radius 1 is 0.958 bits per heavy atom. The van der Waals surface area contributed by atoms with Crippen LogP contribution in [0.1, 0.15) is 55.4 Å². The minimum Gasteiger partial charge on any atom is -0.429 e. The Morgan fingerprint density at radius 2 is 1.42 bits per heavy atom. The standard InChI is InChI=1S/C18H30B2O3P/c1-15(2)16(3,4)23-20(22-15)14-11-9-13(10-12-14)19-21-17(5,6)18(7,8)24/h9-12H,24H2,1-8H3. The van der Waals surface area contributed by atoms with Gasteiger partial charge in [-0.15, -0.1) is 9.24 Å². The molecule has 0 aliphatic carbocycles. The van der Waals surface area contributed by atoms with E-state index < -0.39 is 0 Å². The monoisotopic (exact) mass is 347 g/mol. The summed E-state index contributed by atoms with van der Waals surface area (Å²) in [6, 6.07) is 8.14. The van der Waals surface area contributed by atoms with Crippen molar-refractivity contribution in [3.05, 3.63) is 24.3 Å². The van der Waals surface area contributed by atoms with Crippen LogP contribution in [0.15, 0.2) is 24.3 Å². The van der Waals surface area contributed by atoms with E-state index in [9.17, 15) is 0 Å². The fraction of sp³-hybridized carbons (Fsp3) is 0.667. The van der Waals surface area contributed by atoms with Gasteiger partial charge < -0.3 is 14.0 Å². The molecule has 24 heavy (non-hydrogen) atoms. The minimum absolute atomic E-state index is 0.0217. The van der Waals surface area contributed by atoms with Gasteiger partial charge in [-0.2, -0.15) is 0 Å². The van der Waals surface area contributed by atoms with Crippen molar-refractivity contribution in [2.24, 2.45) is 0 Å². The van der Waals surface area contributed by atoms with Crippen molar-refractivity contribution in [1.29, 1.82) is 0 Å². The molecule has 1 aromatic carbocycles. The zero-order chi connectivity index (χ0) is 18.4. The van der Waals surface area contributed by atoms with Crippen molar-refractivity contribution >= 4 is 34.8 Å². The van der Waals surface area contributed by atoms with Crippen LogP contribution in [0, 0.1) is 0 Å². The maximum absolute atomic E-state index is 6.08. The molecule has 0 saturated carbocycles. The Kier molecular flexibility index (Phi) is 5.35. The van der Waals surface area contributed by atoms with Gasteiger partial charge in [0.1, 0.15) is 0 Å². The molecule has 131 valence electrons. The Labute approximate surface area is 150 Å². The molecule has 1 radical (unpaired) electrons. The molecule has 1 aromatic rings. The van der Waals surface area contributed by atoms with Gasteiger partial charge in [0.2, 0.25) is 0 Å². The Balaban J connectivity index is 2.02. The molecule has 1 aliphatic heterocycles. The summed E-state index contributed by atoms with van der Waals surface area (Å²) in [5.41, 5.74) is 1.14. The first-order valence-electron chi connectivity index (χ1n) is 8.51. The van der Waals surface area contributed by atoms with Gasteiger partial charge in [-0.3, -0.25) is 0 Å².